The largest absolute Gasteiger partial charge is 0.450 e. The number of likely N-dealkylation sites (tertiary alicyclic amines) is 2. The minimum absolute atomic E-state index is 0.147. The second-order valence-corrected chi connectivity index (χ2v) is 14.7. The lowest BCUT2D eigenvalue weighted by Gasteiger charge is -2.49. The molecule has 4 aliphatic rings. The first-order chi connectivity index (χ1) is 22.6. The third kappa shape index (κ3) is 4.85. The topological polar surface area (TPSA) is 118 Å². The van der Waals surface area contributed by atoms with E-state index in [4.69, 9.17) is 18.9 Å². The molecule has 2 aromatic carbocycles. The van der Waals surface area contributed by atoms with Crippen LogP contribution in [0.2, 0.25) is 0 Å². The van der Waals surface area contributed by atoms with E-state index in [0.717, 1.165) is 11.1 Å². The van der Waals surface area contributed by atoms with Gasteiger partial charge in [0.15, 0.2) is 0 Å². The van der Waals surface area contributed by atoms with E-state index in [2.05, 4.69) is 0 Å². The zero-order valence-corrected chi connectivity index (χ0v) is 29.1. The summed E-state index contributed by atoms with van der Waals surface area (Å²) in [4.78, 5) is 62.7. The summed E-state index contributed by atoms with van der Waals surface area (Å²) < 4.78 is 23.2. The molecule has 2 aromatic rings. The summed E-state index contributed by atoms with van der Waals surface area (Å²) in [5.74, 6) is 0. The molecule has 0 bridgehead atoms. The fourth-order valence-corrected chi connectivity index (χ4v) is 8.48. The summed E-state index contributed by atoms with van der Waals surface area (Å²) in [6.45, 7) is 15.1. The zero-order chi connectivity index (χ0) is 34.8. The molecule has 12 heteroatoms. The van der Waals surface area contributed by atoms with Crippen LogP contribution in [-0.4, -0.2) is 84.0 Å². The van der Waals surface area contributed by atoms with Crippen LogP contribution in [0.25, 0.3) is 0 Å². The molecule has 2 saturated heterocycles. The second-order valence-electron chi connectivity index (χ2n) is 14.7. The van der Waals surface area contributed by atoms with Gasteiger partial charge in [-0.1, -0.05) is 36.4 Å². The van der Waals surface area contributed by atoms with Crippen molar-refractivity contribution in [3.63, 3.8) is 0 Å². The summed E-state index contributed by atoms with van der Waals surface area (Å²) in [7, 11) is 0. The van der Waals surface area contributed by atoms with Crippen molar-refractivity contribution in [2.75, 3.05) is 36.1 Å². The molecule has 0 saturated carbocycles. The zero-order valence-electron chi connectivity index (χ0n) is 29.1. The smallest absolute Gasteiger partial charge is 0.416 e. The van der Waals surface area contributed by atoms with E-state index in [0.29, 0.717) is 24.2 Å². The lowest BCUT2D eigenvalue weighted by molar-refractivity contribution is 0.0367. The average Bonchev–Trinajstić information content (AvgIpc) is 3.71. The average molecular weight is 663 g/mol. The molecule has 0 radical (unpaired) electrons. The number of rotatable bonds is 3. The van der Waals surface area contributed by atoms with Crippen molar-refractivity contribution >= 4 is 35.7 Å². The first-order valence-corrected chi connectivity index (χ1v) is 16.7. The molecule has 4 heterocycles. The van der Waals surface area contributed by atoms with Crippen molar-refractivity contribution in [2.24, 2.45) is 0 Å². The molecule has 0 unspecified atom stereocenters. The standard InChI is InChI=1S/C36H46N4O8/c1-9-45-29(41)37-21-19-35(23-15-11-13-17-25(23)39(27(35)37)31(43)47-33(3,4)5)36-20-22-38(30(42)46-10-2)28(36)40(32(44)48-34(6,7)8)26-18-14-12-16-24(26)36/h11-18,27-28H,9-10,19-22H2,1-8H3/t27-,28-,35-,36-/m1/s1. The molecule has 0 aliphatic carbocycles. The van der Waals surface area contributed by atoms with Gasteiger partial charge in [0, 0.05) is 13.1 Å². The Hall–Kier alpha value is -4.48. The van der Waals surface area contributed by atoms with Gasteiger partial charge in [-0.05, 0) is 91.5 Å². The Morgan fingerprint density at radius 1 is 0.625 bits per heavy atom. The third-order valence-electron chi connectivity index (χ3n) is 9.72. The van der Waals surface area contributed by atoms with Crippen molar-refractivity contribution in [3.05, 3.63) is 59.7 Å². The first-order valence-electron chi connectivity index (χ1n) is 16.7. The van der Waals surface area contributed by atoms with Crippen molar-refractivity contribution < 1.29 is 38.1 Å². The molecule has 4 atom stereocenters. The Bertz CT molecular complexity index is 1510. The third-order valence-corrected chi connectivity index (χ3v) is 9.72. The van der Waals surface area contributed by atoms with E-state index < -0.39 is 58.7 Å². The number of amides is 4. The SMILES string of the molecule is CCOC(=O)N1CC[C@@]2([C@@]34CCN(C(=O)OCC)[C@@H]3N(C(=O)OC(C)(C)C)c3ccccc34)c3ccccc3N(C(=O)OC(C)(C)C)[C@@H]12. The predicted octanol–water partition coefficient (Wildman–Crippen LogP) is 6.75. The van der Waals surface area contributed by atoms with Crippen molar-refractivity contribution in [1.82, 2.24) is 9.80 Å². The number of para-hydroxylation sites is 2. The molecule has 2 fully saturated rings. The summed E-state index contributed by atoms with van der Waals surface area (Å²) >= 11 is 0. The molecular formula is C36H46N4O8. The van der Waals surface area contributed by atoms with E-state index in [1.54, 1.807) is 75.0 Å². The van der Waals surface area contributed by atoms with Crippen molar-refractivity contribution in [2.45, 2.75) is 103 Å². The van der Waals surface area contributed by atoms with Crippen molar-refractivity contribution in [3.8, 4) is 0 Å². The van der Waals surface area contributed by atoms with Gasteiger partial charge >= 0.3 is 24.4 Å². The van der Waals surface area contributed by atoms with Gasteiger partial charge in [0.25, 0.3) is 0 Å². The number of ether oxygens (including phenoxy) is 4. The van der Waals surface area contributed by atoms with Gasteiger partial charge in [0.1, 0.15) is 23.5 Å². The van der Waals surface area contributed by atoms with E-state index in [-0.39, 0.29) is 26.3 Å². The maximum absolute atomic E-state index is 14.3. The fourth-order valence-electron chi connectivity index (χ4n) is 8.48. The number of hydrogen-bond donors (Lipinski definition) is 0. The lowest BCUT2D eigenvalue weighted by Crippen LogP contribution is -2.66. The Labute approximate surface area is 281 Å². The molecule has 12 nitrogen and oxygen atoms in total. The van der Waals surface area contributed by atoms with E-state index in [1.165, 1.54) is 0 Å². The van der Waals surface area contributed by atoms with Crippen LogP contribution in [0.15, 0.2) is 48.5 Å². The highest BCUT2D eigenvalue weighted by Crippen LogP contribution is 2.69. The monoisotopic (exact) mass is 662 g/mol. The molecule has 0 spiro atoms. The normalized spacial score (nSPS) is 25.7. The Morgan fingerprint density at radius 3 is 1.31 bits per heavy atom. The fraction of sp³-hybridized carbons (Fsp3) is 0.556. The Balaban J connectivity index is 1.66. The van der Waals surface area contributed by atoms with Crippen LogP contribution in [0.4, 0.5) is 30.6 Å². The van der Waals surface area contributed by atoms with Gasteiger partial charge in [-0.3, -0.25) is 19.6 Å². The van der Waals surface area contributed by atoms with E-state index in [1.807, 2.05) is 48.5 Å². The highest BCUT2D eigenvalue weighted by molar-refractivity contribution is 5.98. The Morgan fingerprint density at radius 2 is 0.979 bits per heavy atom. The number of nitrogens with zero attached hydrogens (tertiary/aromatic N) is 4. The summed E-state index contributed by atoms with van der Waals surface area (Å²) in [5, 5.41) is 0. The summed E-state index contributed by atoms with van der Waals surface area (Å²) in [5.41, 5.74) is -0.852. The predicted molar refractivity (Wildman–Crippen MR) is 178 cm³/mol. The van der Waals surface area contributed by atoms with Crippen LogP contribution in [0.1, 0.15) is 79.4 Å². The summed E-state index contributed by atoms with van der Waals surface area (Å²) in [6, 6.07) is 15.2. The molecule has 4 aliphatic heterocycles. The maximum atomic E-state index is 14.3. The van der Waals surface area contributed by atoms with Crippen molar-refractivity contribution in [1.29, 1.82) is 0 Å². The number of anilines is 2. The van der Waals surface area contributed by atoms with Gasteiger partial charge in [-0.15, -0.1) is 0 Å². The highest BCUT2D eigenvalue weighted by Gasteiger charge is 2.77. The number of fused-ring (bicyclic) bond motifs is 7. The van der Waals surface area contributed by atoms with Gasteiger partial charge in [0.05, 0.1) is 35.4 Å². The number of benzene rings is 2. The number of hydrogen-bond acceptors (Lipinski definition) is 8. The summed E-state index contributed by atoms with van der Waals surface area (Å²) in [6.07, 6.45) is -3.32. The van der Waals surface area contributed by atoms with Crippen LogP contribution >= 0.6 is 0 Å². The van der Waals surface area contributed by atoms with Gasteiger partial charge < -0.3 is 18.9 Å². The molecule has 0 N–H and O–H groups in total. The van der Waals surface area contributed by atoms with Gasteiger partial charge in [-0.25, -0.2) is 19.2 Å². The maximum Gasteiger partial charge on any atom is 0.416 e. The molecule has 0 aromatic heterocycles. The van der Waals surface area contributed by atoms with Crippen LogP contribution in [0, 0.1) is 0 Å². The molecule has 4 amide bonds. The molecule has 258 valence electrons. The lowest BCUT2D eigenvalue weighted by atomic mass is 9.55. The van der Waals surface area contributed by atoms with Crippen LogP contribution < -0.4 is 9.80 Å². The number of carbonyl (C=O) groups is 4. The van der Waals surface area contributed by atoms with E-state index in [9.17, 15) is 19.2 Å². The quantitative estimate of drug-likeness (QED) is 0.332. The molecule has 6 rings (SSSR count). The highest BCUT2D eigenvalue weighted by atomic mass is 16.6. The van der Waals surface area contributed by atoms with Crippen LogP contribution in [0.3, 0.4) is 0 Å². The second kappa shape index (κ2) is 11.6. The number of carbonyl (C=O) groups excluding carboxylic acids is 4. The van der Waals surface area contributed by atoms with Gasteiger partial charge in [-0.2, -0.15) is 0 Å². The molecular weight excluding hydrogens is 616 g/mol. The van der Waals surface area contributed by atoms with E-state index >= 15 is 0 Å². The Kier molecular flexibility index (Phi) is 8.07. The minimum Gasteiger partial charge on any atom is -0.450 e. The van der Waals surface area contributed by atoms with Crippen LogP contribution in [0.5, 0.6) is 0 Å². The molecule has 48 heavy (non-hydrogen) atoms. The van der Waals surface area contributed by atoms with Gasteiger partial charge in [0.2, 0.25) is 0 Å². The van der Waals surface area contributed by atoms with Crippen LogP contribution in [-0.2, 0) is 29.8 Å². The minimum atomic E-state index is -1.02. The first kappa shape index (κ1) is 33.4.